The summed E-state index contributed by atoms with van der Waals surface area (Å²) in [5.41, 5.74) is 1.81. The largest absolute Gasteiger partial charge is 0.494 e. The van der Waals surface area contributed by atoms with Gasteiger partial charge in [-0.2, -0.15) is 0 Å². The third-order valence-electron chi connectivity index (χ3n) is 3.06. The van der Waals surface area contributed by atoms with Crippen LogP contribution in [-0.4, -0.2) is 32.6 Å². The number of aromatic nitrogens is 3. The van der Waals surface area contributed by atoms with Crippen LogP contribution in [0.15, 0.2) is 36.5 Å². The van der Waals surface area contributed by atoms with Gasteiger partial charge in [0.05, 0.1) is 17.7 Å². The summed E-state index contributed by atoms with van der Waals surface area (Å²) in [5, 5.41) is 9.17. The zero-order chi connectivity index (χ0) is 14.8. The Hall–Kier alpha value is -2.89. The molecule has 0 bridgehead atoms. The van der Waals surface area contributed by atoms with Crippen LogP contribution >= 0.6 is 0 Å². The van der Waals surface area contributed by atoms with E-state index in [2.05, 4.69) is 15.0 Å². The zero-order valence-corrected chi connectivity index (χ0v) is 11.3. The number of nitrogens with one attached hydrogen (secondary N) is 1. The summed E-state index contributed by atoms with van der Waals surface area (Å²) in [6, 6.07) is 8.87. The number of hydrogen-bond donors (Lipinski definition) is 2. The molecule has 106 valence electrons. The summed E-state index contributed by atoms with van der Waals surface area (Å²) in [6.45, 7) is 2.53. The topological polar surface area (TPSA) is 88.1 Å². The number of aromatic amines is 1. The number of nitrogens with zero attached hydrogens (tertiary/aromatic N) is 2. The van der Waals surface area contributed by atoms with Crippen molar-refractivity contribution < 1.29 is 14.6 Å². The number of ether oxygens (including phenoxy) is 1. The van der Waals surface area contributed by atoms with E-state index in [1.807, 2.05) is 31.2 Å². The number of benzene rings is 1. The number of carboxylic acids is 1. The van der Waals surface area contributed by atoms with Gasteiger partial charge in [-0.3, -0.25) is 0 Å². The number of aromatic carboxylic acids is 1. The van der Waals surface area contributed by atoms with Gasteiger partial charge in [-0.15, -0.1) is 0 Å². The average molecular weight is 283 g/mol. The van der Waals surface area contributed by atoms with Gasteiger partial charge in [-0.1, -0.05) is 0 Å². The van der Waals surface area contributed by atoms with E-state index in [1.54, 1.807) is 0 Å². The molecule has 2 N–H and O–H groups in total. The van der Waals surface area contributed by atoms with E-state index >= 15 is 0 Å². The van der Waals surface area contributed by atoms with Crippen molar-refractivity contribution in [2.75, 3.05) is 6.61 Å². The van der Waals surface area contributed by atoms with Crippen molar-refractivity contribution in [3.63, 3.8) is 0 Å². The van der Waals surface area contributed by atoms with Gasteiger partial charge in [0.15, 0.2) is 5.65 Å². The Kier molecular flexibility index (Phi) is 3.27. The predicted molar refractivity (Wildman–Crippen MR) is 77.5 cm³/mol. The number of rotatable bonds is 4. The molecular weight excluding hydrogens is 270 g/mol. The maximum Gasteiger partial charge on any atom is 0.338 e. The number of fused-ring (bicyclic) bond motifs is 1. The zero-order valence-electron chi connectivity index (χ0n) is 11.3. The Morgan fingerprint density at radius 3 is 2.71 bits per heavy atom. The summed E-state index contributed by atoms with van der Waals surface area (Å²) < 4.78 is 5.39. The van der Waals surface area contributed by atoms with Crippen LogP contribution < -0.4 is 4.74 Å². The first-order valence-electron chi connectivity index (χ1n) is 6.50. The molecule has 0 radical (unpaired) electrons. The predicted octanol–water partition coefficient (Wildman–Crippen LogP) is 2.72. The molecule has 3 aromatic rings. The first-order valence-corrected chi connectivity index (χ1v) is 6.50. The van der Waals surface area contributed by atoms with Crippen molar-refractivity contribution in [2.24, 2.45) is 0 Å². The van der Waals surface area contributed by atoms with Gasteiger partial charge in [-0.05, 0) is 37.3 Å². The third-order valence-corrected chi connectivity index (χ3v) is 3.06. The molecule has 0 fully saturated rings. The molecule has 2 heterocycles. The van der Waals surface area contributed by atoms with E-state index in [9.17, 15) is 4.79 Å². The van der Waals surface area contributed by atoms with Gasteiger partial charge in [0.1, 0.15) is 11.6 Å². The number of carbonyl (C=O) groups is 1. The molecule has 0 saturated carbocycles. The lowest BCUT2D eigenvalue weighted by atomic mass is 10.2. The molecule has 0 amide bonds. The van der Waals surface area contributed by atoms with Crippen LogP contribution in [0.25, 0.3) is 22.6 Å². The number of H-pyrrole nitrogens is 1. The monoisotopic (exact) mass is 283 g/mol. The number of imidazole rings is 1. The Bertz CT molecular complexity index is 794. The molecule has 6 nitrogen and oxygen atoms in total. The fourth-order valence-corrected chi connectivity index (χ4v) is 2.10. The van der Waals surface area contributed by atoms with Gasteiger partial charge < -0.3 is 14.8 Å². The molecule has 6 heteroatoms. The minimum absolute atomic E-state index is 0.157. The molecule has 0 aliphatic heterocycles. The van der Waals surface area contributed by atoms with E-state index in [0.717, 1.165) is 11.3 Å². The highest BCUT2D eigenvalue weighted by Gasteiger charge is 2.13. The highest BCUT2D eigenvalue weighted by atomic mass is 16.5. The second kappa shape index (κ2) is 5.24. The number of carboxylic acid groups (broad SMARTS) is 1. The van der Waals surface area contributed by atoms with Crippen molar-refractivity contribution in [1.29, 1.82) is 0 Å². The van der Waals surface area contributed by atoms with Crippen molar-refractivity contribution in [3.05, 3.63) is 42.1 Å². The van der Waals surface area contributed by atoms with E-state index in [1.165, 1.54) is 12.3 Å². The van der Waals surface area contributed by atoms with E-state index < -0.39 is 5.97 Å². The Balaban J connectivity index is 2.04. The summed E-state index contributed by atoms with van der Waals surface area (Å²) in [6.07, 6.45) is 1.44. The van der Waals surface area contributed by atoms with Crippen molar-refractivity contribution in [1.82, 2.24) is 15.0 Å². The van der Waals surface area contributed by atoms with Crippen molar-refractivity contribution in [3.8, 4) is 17.1 Å². The van der Waals surface area contributed by atoms with Crippen LogP contribution in [0.5, 0.6) is 5.75 Å². The van der Waals surface area contributed by atoms with Crippen LogP contribution in [-0.2, 0) is 0 Å². The lowest BCUT2D eigenvalue weighted by Gasteiger charge is -2.02. The van der Waals surface area contributed by atoms with Crippen LogP contribution in [0.1, 0.15) is 17.3 Å². The van der Waals surface area contributed by atoms with Crippen molar-refractivity contribution in [2.45, 2.75) is 6.92 Å². The smallest absolute Gasteiger partial charge is 0.338 e. The third kappa shape index (κ3) is 2.43. The van der Waals surface area contributed by atoms with Crippen LogP contribution in [0.4, 0.5) is 0 Å². The minimum atomic E-state index is -1.01. The normalized spacial score (nSPS) is 10.7. The quantitative estimate of drug-likeness (QED) is 0.768. The van der Waals surface area contributed by atoms with Crippen LogP contribution in [0.3, 0.4) is 0 Å². The molecule has 21 heavy (non-hydrogen) atoms. The molecule has 1 aromatic carbocycles. The molecule has 2 aromatic heterocycles. The van der Waals surface area contributed by atoms with Gasteiger partial charge in [-0.25, -0.2) is 14.8 Å². The summed E-state index contributed by atoms with van der Waals surface area (Å²) in [5.74, 6) is 0.347. The standard InChI is InChI=1S/C15H13N3O3/c1-2-21-10-5-3-9(4-6-10)13-17-12-11(15(19)20)7-8-16-14(12)18-13/h3-8H,2H2,1H3,(H,19,20)(H,16,17,18). The molecule has 3 rings (SSSR count). The van der Waals surface area contributed by atoms with E-state index in [-0.39, 0.29) is 5.56 Å². The fraction of sp³-hybridized carbons (Fsp3) is 0.133. The number of pyridine rings is 1. The van der Waals surface area contributed by atoms with Gasteiger partial charge in [0.2, 0.25) is 0 Å². The molecule has 0 aliphatic carbocycles. The maximum atomic E-state index is 11.2. The summed E-state index contributed by atoms with van der Waals surface area (Å²) in [4.78, 5) is 22.6. The highest BCUT2D eigenvalue weighted by Crippen LogP contribution is 2.23. The number of hydrogen-bond acceptors (Lipinski definition) is 4. The first kappa shape index (κ1) is 13.1. The fourth-order valence-electron chi connectivity index (χ4n) is 2.10. The van der Waals surface area contributed by atoms with Crippen LogP contribution in [0.2, 0.25) is 0 Å². The lowest BCUT2D eigenvalue weighted by molar-refractivity contribution is 0.0698. The highest BCUT2D eigenvalue weighted by molar-refractivity contribution is 6.00. The molecule has 0 unspecified atom stereocenters. The maximum absolute atomic E-state index is 11.2. The minimum Gasteiger partial charge on any atom is -0.494 e. The molecular formula is C15H13N3O3. The van der Waals surface area contributed by atoms with E-state index in [0.29, 0.717) is 23.6 Å². The molecule has 0 atom stereocenters. The molecule has 0 saturated heterocycles. The molecule has 0 aliphatic rings. The van der Waals surface area contributed by atoms with Gasteiger partial charge in [0, 0.05) is 11.8 Å². The Morgan fingerprint density at radius 1 is 1.29 bits per heavy atom. The summed E-state index contributed by atoms with van der Waals surface area (Å²) in [7, 11) is 0. The molecule has 0 spiro atoms. The summed E-state index contributed by atoms with van der Waals surface area (Å²) >= 11 is 0. The second-order valence-corrected chi connectivity index (χ2v) is 4.41. The van der Waals surface area contributed by atoms with Crippen LogP contribution in [0, 0.1) is 0 Å². The SMILES string of the molecule is CCOc1ccc(-c2nc3nccc(C(=O)O)c3[nH]2)cc1. The lowest BCUT2D eigenvalue weighted by Crippen LogP contribution is -1.97. The van der Waals surface area contributed by atoms with Gasteiger partial charge >= 0.3 is 5.97 Å². The Morgan fingerprint density at radius 2 is 2.05 bits per heavy atom. The van der Waals surface area contributed by atoms with E-state index in [4.69, 9.17) is 9.84 Å². The average Bonchev–Trinajstić information content (AvgIpc) is 2.92. The first-order chi connectivity index (χ1) is 10.2. The second-order valence-electron chi connectivity index (χ2n) is 4.41. The van der Waals surface area contributed by atoms with Gasteiger partial charge in [0.25, 0.3) is 0 Å². The van der Waals surface area contributed by atoms with Crippen molar-refractivity contribution >= 4 is 17.1 Å². The Labute approximate surface area is 120 Å².